The van der Waals surface area contributed by atoms with Crippen molar-refractivity contribution in [3.8, 4) is 5.75 Å². The zero-order valence-corrected chi connectivity index (χ0v) is 13.3. The Kier molecular flexibility index (Phi) is 4.34. The molecule has 0 N–H and O–H groups in total. The van der Waals surface area contributed by atoms with Crippen LogP contribution in [0.1, 0.15) is 26.7 Å². The molecule has 1 spiro atoms. The second-order valence-electron chi connectivity index (χ2n) is 6.75. The van der Waals surface area contributed by atoms with Crippen molar-refractivity contribution in [1.82, 2.24) is 9.88 Å². The summed E-state index contributed by atoms with van der Waals surface area (Å²) in [6.45, 7) is 6.94. The van der Waals surface area contributed by atoms with Gasteiger partial charge in [0.2, 0.25) is 5.91 Å². The van der Waals surface area contributed by atoms with Crippen LogP contribution >= 0.6 is 0 Å². The molecule has 1 unspecified atom stereocenters. The number of amides is 1. The van der Waals surface area contributed by atoms with Crippen molar-refractivity contribution in [2.24, 2.45) is 11.8 Å². The molecule has 1 aromatic heterocycles. The van der Waals surface area contributed by atoms with Gasteiger partial charge in [-0.15, -0.1) is 0 Å². The maximum atomic E-state index is 12.1. The molecule has 1 atom stereocenters. The predicted octanol–water partition coefficient (Wildman–Crippen LogP) is 2.12. The van der Waals surface area contributed by atoms with Crippen LogP contribution in [-0.2, 0) is 9.53 Å². The highest BCUT2D eigenvalue weighted by molar-refractivity contribution is 5.77. The Bertz CT molecular complexity index is 512. The van der Waals surface area contributed by atoms with Crippen LogP contribution in [0.3, 0.4) is 0 Å². The highest BCUT2D eigenvalue weighted by Gasteiger charge is 2.54. The highest BCUT2D eigenvalue weighted by Crippen LogP contribution is 2.40. The van der Waals surface area contributed by atoms with E-state index in [4.69, 9.17) is 9.47 Å². The van der Waals surface area contributed by atoms with Crippen LogP contribution in [-0.4, -0.2) is 47.7 Å². The largest absolute Gasteiger partial charge is 0.492 e. The van der Waals surface area contributed by atoms with Crippen molar-refractivity contribution in [3.63, 3.8) is 0 Å². The summed E-state index contributed by atoms with van der Waals surface area (Å²) in [7, 11) is 0. The molecule has 0 saturated carbocycles. The molecule has 5 heteroatoms. The standard InChI is InChI=1S/C17H24N2O3/c1-13(2)8-16(20)19-11-17(12-19)14(5-7-22-17)10-21-15-4-3-6-18-9-15/h3-4,6,9,13-14H,5,7-8,10-12H2,1-2H3. The van der Waals surface area contributed by atoms with E-state index in [1.54, 1.807) is 12.4 Å². The van der Waals surface area contributed by atoms with Crippen LogP contribution in [0.5, 0.6) is 5.75 Å². The van der Waals surface area contributed by atoms with Crippen molar-refractivity contribution >= 4 is 5.91 Å². The lowest BCUT2D eigenvalue weighted by Crippen LogP contribution is -2.66. The van der Waals surface area contributed by atoms with Crippen LogP contribution in [0.2, 0.25) is 0 Å². The lowest BCUT2D eigenvalue weighted by atomic mass is 9.81. The third-order valence-corrected chi connectivity index (χ3v) is 4.54. The first-order valence-corrected chi connectivity index (χ1v) is 8.03. The summed E-state index contributed by atoms with van der Waals surface area (Å²) in [5.74, 6) is 1.77. The van der Waals surface area contributed by atoms with Gasteiger partial charge in [0, 0.05) is 25.1 Å². The third-order valence-electron chi connectivity index (χ3n) is 4.54. The number of rotatable bonds is 5. The summed E-state index contributed by atoms with van der Waals surface area (Å²) in [5, 5.41) is 0. The zero-order chi connectivity index (χ0) is 15.6. The second-order valence-corrected chi connectivity index (χ2v) is 6.75. The lowest BCUT2D eigenvalue weighted by Gasteiger charge is -2.50. The molecule has 0 bridgehead atoms. The number of ether oxygens (including phenoxy) is 2. The van der Waals surface area contributed by atoms with Crippen LogP contribution < -0.4 is 4.74 Å². The molecule has 5 nitrogen and oxygen atoms in total. The first-order valence-electron chi connectivity index (χ1n) is 8.03. The Morgan fingerprint density at radius 2 is 2.36 bits per heavy atom. The first kappa shape index (κ1) is 15.3. The van der Waals surface area contributed by atoms with E-state index in [0.29, 0.717) is 38.0 Å². The molecule has 3 heterocycles. The molecule has 2 aliphatic heterocycles. The van der Waals surface area contributed by atoms with E-state index in [9.17, 15) is 4.79 Å². The summed E-state index contributed by atoms with van der Waals surface area (Å²) >= 11 is 0. The van der Waals surface area contributed by atoms with E-state index in [1.807, 2.05) is 17.0 Å². The van der Waals surface area contributed by atoms with Gasteiger partial charge in [-0.1, -0.05) is 13.8 Å². The molecular weight excluding hydrogens is 280 g/mol. The Hall–Kier alpha value is -1.62. The van der Waals surface area contributed by atoms with Crippen LogP contribution in [0.25, 0.3) is 0 Å². The zero-order valence-electron chi connectivity index (χ0n) is 13.3. The van der Waals surface area contributed by atoms with Crippen LogP contribution in [0, 0.1) is 11.8 Å². The maximum Gasteiger partial charge on any atom is 0.223 e. The number of nitrogens with zero attached hydrogens (tertiary/aromatic N) is 2. The number of likely N-dealkylation sites (tertiary alicyclic amines) is 1. The minimum absolute atomic E-state index is 0.186. The molecule has 0 radical (unpaired) electrons. The Labute approximate surface area is 131 Å². The number of hydrogen-bond donors (Lipinski definition) is 0. The number of hydrogen-bond acceptors (Lipinski definition) is 4. The van der Waals surface area contributed by atoms with Gasteiger partial charge in [-0.3, -0.25) is 9.78 Å². The lowest BCUT2D eigenvalue weighted by molar-refractivity contribution is -0.167. The number of carbonyl (C=O) groups excluding carboxylic acids is 1. The summed E-state index contributed by atoms with van der Waals surface area (Å²) in [6.07, 6.45) is 5.07. The average molecular weight is 304 g/mol. The SMILES string of the molecule is CC(C)CC(=O)N1CC2(C1)OCCC2COc1cccnc1. The van der Waals surface area contributed by atoms with E-state index < -0.39 is 0 Å². The summed E-state index contributed by atoms with van der Waals surface area (Å²) in [5.41, 5.74) is -0.186. The Morgan fingerprint density at radius 1 is 1.55 bits per heavy atom. The van der Waals surface area contributed by atoms with E-state index in [-0.39, 0.29) is 11.5 Å². The van der Waals surface area contributed by atoms with Gasteiger partial charge in [0.15, 0.2) is 0 Å². The molecule has 2 saturated heterocycles. The molecule has 1 aromatic rings. The molecule has 0 aromatic carbocycles. The first-order chi connectivity index (χ1) is 10.6. The monoisotopic (exact) mass is 304 g/mol. The second kappa shape index (κ2) is 6.24. The van der Waals surface area contributed by atoms with Gasteiger partial charge in [-0.05, 0) is 24.5 Å². The topological polar surface area (TPSA) is 51.7 Å². The van der Waals surface area contributed by atoms with E-state index in [2.05, 4.69) is 18.8 Å². The van der Waals surface area contributed by atoms with Crippen molar-refractivity contribution in [3.05, 3.63) is 24.5 Å². The number of aromatic nitrogens is 1. The fourth-order valence-electron chi connectivity index (χ4n) is 3.25. The van der Waals surface area contributed by atoms with Crippen molar-refractivity contribution in [1.29, 1.82) is 0 Å². The summed E-state index contributed by atoms with van der Waals surface area (Å²) in [4.78, 5) is 18.1. The molecule has 120 valence electrons. The van der Waals surface area contributed by atoms with Gasteiger partial charge in [-0.25, -0.2) is 0 Å². The molecule has 2 aliphatic rings. The quantitative estimate of drug-likeness (QED) is 0.836. The van der Waals surface area contributed by atoms with Crippen molar-refractivity contribution in [2.45, 2.75) is 32.3 Å². The number of pyridine rings is 1. The van der Waals surface area contributed by atoms with Crippen LogP contribution in [0.15, 0.2) is 24.5 Å². The van der Waals surface area contributed by atoms with Gasteiger partial charge < -0.3 is 14.4 Å². The molecule has 1 amide bonds. The van der Waals surface area contributed by atoms with E-state index >= 15 is 0 Å². The fourth-order valence-corrected chi connectivity index (χ4v) is 3.25. The normalized spacial score (nSPS) is 22.9. The Balaban J connectivity index is 1.53. The maximum absolute atomic E-state index is 12.1. The fraction of sp³-hybridized carbons (Fsp3) is 0.647. The molecule has 3 rings (SSSR count). The molecule has 2 fully saturated rings. The average Bonchev–Trinajstić information content (AvgIpc) is 2.87. The summed E-state index contributed by atoms with van der Waals surface area (Å²) in [6, 6.07) is 3.78. The van der Waals surface area contributed by atoms with Crippen LogP contribution in [0.4, 0.5) is 0 Å². The van der Waals surface area contributed by atoms with E-state index in [0.717, 1.165) is 18.8 Å². The van der Waals surface area contributed by atoms with E-state index in [1.165, 1.54) is 0 Å². The third kappa shape index (κ3) is 3.09. The summed E-state index contributed by atoms with van der Waals surface area (Å²) < 4.78 is 11.8. The van der Waals surface area contributed by atoms with Gasteiger partial charge in [0.05, 0.1) is 25.9 Å². The van der Waals surface area contributed by atoms with Gasteiger partial charge in [-0.2, -0.15) is 0 Å². The van der Waals surface area contributed by atoms with Crippen molar-refractivity contribution < 1.29 is 14.3 Å². The Morgan fingerprint density at radius 3 is 3.05 bits per heavy atom. The minimum atomic E-state index is -0.186. The van der Waals surface area contributed by atoms with Gasteiger partial charge >= 0.3 is 0 Å². The van der Waals surface area contributed by atoms with Gasteiger partial charge in [0.1, 0.15) is 11.4 Å². The van der Waals surface area contributed by atoms with Gasteiger partial charge in [0.25, 0.3) is 0 Å². The number of carbonyl (C=O) groups is 1. The minimum Gasteiger partial charge on any atom is -0.492 e. The smallest absolute Gasteiger partial charge is 0.223 e. The molecule has 0 aliphatic carbocycles. The predicted molar refractivity (Wildman–Crippen MR) is 82.6 cm³/mol. The molecular formula is C17H24N2O3. The highest BCUT2D eigenvalue weighted by atomic mass is 16.5. The molecule has 22 heavy (non-hydrogen) atoms. The van der Waals surface area contributed by atoms with Crippen molar-refractivity contribution in [2.75, 3.05) is 26.3 Å².